The number of hydrogen-bond acceptors (Lipinski definition) is 1. The predicted molar refractivity (Wildman–Crippen MR) is 85.2 cm³/mol. The van der Waals surface area contributed by atoms with Crippen LogP contribution in [0, 0.1) is 5.41 Å². The highest BCUT2D eigenvalue weighted by atomic mass is 16.1. The smallest absolute Gasteiger partial charge is 0.168 e. The number of rotatable bonds is 3. The summed E-state index contributed by atoms with van der Waals surface area (Å²) in [4.78, 5) is 12.7. The molecule has 0 amide bonds. The summed E-state index contributed by atoms with van der Waals surface area (Å²) in [7, 11) is 0. The molecule has 0 aliphatic rings. The lowest BCUT2D eigenvalue weighted by atomic mass is 9.83. The molecule has 0 saturated heterocycles. The van der Waals surface area contributed by atoms with Gasteiger partial charge in [-0.2, -0.15) is 0 Å². The maximum Gasteiger partial charge on any atom is 0.168 e. The van der Waals surface area contributed by atoms with Crippen LogP contribution in [-0.2, 0) is 4.79 Å². The van der Waals surface area contributed by atoms with Crippen LogP contribution < -0.4 is 0 Å². The molecule has 0 aliphatic heterocycles. The molecule has 2 rings (SSSR count). The topological polar surface area (TPSA) is 17.1 Å². The average molecular weight is 264 g/mol. The fourth-order valence-corrected chi connectivity index (χ4v) is 2.02. The summed E-state index contributed by atoms with van der Waals surface area (Å²) in [6.45, 7) is 5.87. The van der Waals surface area contributed by atoms with Crippen LogP contribution in [0.5, 0.6) is 0 Å². The van der Waals surface area contributed by atoms with Crippen LogP contribution in [0.2, 0.25) is 0 Å². The Hall–Kier alpha value is -2.15. The molecule has 0 aliphatic carbocycles. The van der Waals surface area contributed by atoms with Gasteiger partial charge in [-0.05, 0) is 17.2 Å². The fraction of sp³-hybridized carbons (Fsp3) is 0.211. The zero-order valence-electron chi connectivity index (χ0n) is 12.3. The standard InChI is InChI=1S/C19H20O/c1-19(2,3)18(20)17(16-12-8-5-9-13-16)14-15-10-6-4-7-11-15/h4-14H,1-3H3/b17-14+. The third kappa shape index (κ3) is 3.45. The number of carbonyl (C=O) groups excluding carboxylic acids is 1. The fourth-order valence-electron chi connectivity index (χ4n) is 2.02. The van der Waals surface area contributed by atoms with E-state index < -0.39 is 5.41 Å². The molecule has 102 valence electrons. The summed E-state index contributed by atoms with van der Waals surface area (Å²) in [6.07, 6.45) is 1.98. The second-order valence-corrected chi connectivity index (χ2v) is 5.91. The van der Waals surface area contributed by atoms with E-state index in [9.17, 15) is 4.79 Å². The third-order valence-corrected chi connectivity index (χ3v) is 3.12. The average Bonchev–Trinajstić information content (AvgIpc) is 2.45. The normalized spacial score (nSPS) is 12.2. The summed E-state index contributed by atoms with van der Waals surface area (Å²) in [6, 6.07) is 19.8. The van der Waals surface area contributed by atoms with Crippen molar-refractivity contribution >= 4 is 17.4 Å². The molecule has 0 saturated carbocycles. The monoisotopic (exact) mass is 264 g/mol. The van der Waals surface area contributed by atoms with E-state index in [0.29, 0.717) is 0 Å². The second kappa shape index (κ2) is 5.87. The molecule has 0 spiro atoms. The van der Waals surface area contributed by atoms with Crippen molar-refractivity contribution in [1.29, 1.82) is 0 Å². The predicted octanol–water partition coefficient (Wildman–Crippen LogP) is 4.84. The van der Waals surface area contributed by atoms with Gasteiger partial charge in [-0.1, -0.05) is 81.4 Å². The van der Waals surface area contributed by atoms with Crippen LogP contribution in [-0.4, -0.2) is 5.78 Å². The number of benzene rings is 2. The number of carbonyl (C=O) groups is 1. The van der Waals surface area contributed by atoms with Gasteiger partial charge in [-0.15, -0.1) is 0 Å². The molecule has 0 bridgehead atoms. The van der Waals surface area contributed by atoms with E-state index in [1.807, 2.05) is 87.5 Å². The van der Waals surface area contributed by atoms with E-state index >= 15 is 0 Å². The van der Waals surface area contributed by atoms with Crippen LogP contribution in [0.15, 0.2) is 60.7 Å². The first-order chi connectivity index (χ1) is 9.48. The van der Waals surface area contributed by atoms with Crippen molar-refractivity contribution in [1.82, 2.24) is 0 Å². The Balaban J connectivity index is 2.51. The Morgan fingerprint density at radius 3 is 1.85 bits per heavy atom. The molecule has 0 N–H and O–H groups in total. The molecule has 2 aromatic carbocycles. The lowest BCUT2D eigenvalue weighted by molar-refractivity contribution is -0.120. The molecule has 0 fully saturated rings. The van der Waals surface area contributed by atoms with Gasteiger partial charge in [0.15, 0.2) is 5.78 Å². The van der Waals surface area contributed by atoms with Crippen LogP contribution in [0.1, 0.15) is 31.9 Å². The molecule has 0 radical (unpaired) electrons. The molecule has 0 unspecified atom stereocenters. The van der Waals surface area contributed by atoms with E-state index in [4.69, 9.17) is 0 Å². The van der Waals surface area contributed by atoms with Crippen molar-refractivity contribution < 1.29 is 4.79 Å². The molecule has 0 atom stereocenters. The molecule has 0 aromatic heterocycles. The lowest BCUT2D eigenvalue weighted by Gasteiger charge is -2.19. The first-order valence-electron chi connectivity index (χ1n) is 6.85. The zero-order chi connectivity index (χ0) is 14.6. The zero-order valence-corrected chi connectivity index (χ0v) is 12.3. The van der Waals surface area contributed by atoms with Crippen molar-refractivity contribution in [2.75, 3.05) is 0 Å². The molecule has 1 heteroatoms. The number of ketones is 1. The van der Waals surface area contributed by atoms with Gasteiger partial charge in [0.25, 0.3) is 0 Å². The van der Waals surface area contributed by atoms with Gasteiger partial charge >= 0.3 is 0 Å². The Kier molecular flexibility index (Phi) is 4.19. The van der Waals surface area contributed by atoms with Crippen molar-refractivity contribution in [3.8, 4) is 0 Å². The van der Waals surface area contributed by atoms with Gasteiger partial charge in [-0.3, -0.25) is 4.79 Å². The van der Waals surface area contributed by atoms with Crippen LogP contribution in [0.3, 0.4) is 0 Å². The molecule has 20 heavy (non-hydrogen) atoms. The quantitative estimate of drug-likeness (QED) is 0.572. The second-order valence-electron chi connectivity index (χ2n) is 5.91. The van der Waals surface area contributed by atoms with Gasteiger partial charge in [-0.25, -0.2) is 0 Å². The molecular formula is C19H20O. The highest BCUT2D eigenvalue weighted by Gasteiger charge is 2.25. The Morgan fingerprint density at radius 2 is 1.35 bits per heavy atom. The largest absolute Gasteiger partial charge is 0.294 e. The lowest BCUT2D eigenvalue weighted by Crippen LogP contribution is -2.21. The number of Topliss-reactive ketones (excluding diaryl/α,β-unsaturated/α-hetero) is 1. The first-order valence-corrected chi connectivity index (χ1v) is 6.85. The van der Waals surface area contributed by atoms with Gasteiger partial charge in [0.05, 0.1) is 0 Å². The minimum atomic E-state index is -0.392. The van der Waals surface area contributed by atoms with Crippen molar-refractivity contribution in [3.05, 3.63) is 71.8 Å². The van der Waals surface area contributed by atoms with Gasteiger partial charge < -0.3 is 0 Å². The van der Waals surface area contributed by atoms with E-state index in [1.54, 1.807) is 0 Å². The van der Waals surface area contributed by atoms with Gasteiger partial charge in [0.2, 0.25) is 0 Å². The van der Waals surface area contributed by atoms with E-state index in [0.717, 1.165) is 16.7 Å². The molecule has 0 heterocycles. The van der Waals surface area contributed by atoms with Gasteiger partial charge in [0.1, 0.15) is 0 Å². The van der Waals surface area contributed by atoms with Gasteiger partial charge in [0, 0.05) is 11.0 Å². The molecule has 1 nitrogen and oxygen atoms in total. The summed E-state index contributed by atoms with van der Waals surface area (Å²) in [5, 5.41) is 0. The number of allylic oxidation sites excluding steroid dienone is 1. The summed E-state index contributed by atoms with van der Waals surface area (Å²) < 4.78 is 0. The van der Waals surface area contributed by atoms with E-state index in [-0.39, 0.29) is 5.78 Å². The Labute approximate surface area is 121 Å². The van der Waals surface area contributed by atoms with E-state index in [1.165, 1.54) is 0 Å². The molecular weight excluding hydrogens is 244 g/mol. The number of hydrogen-bond donors (Lipinski definition) is 0. The molecule has 2 aromatic rings. The Morgan fingerprint density at radius 1 is 0.850 bits per heavy atom. The Bertz CT molecular complexity index is 601. The third-order valence-electron chi connectivity index (χ3n) is 3.12. The van der Waals surface area contributed by atoms with E-state index in [2.05, 4.69) is 0 Å². The minimum absolute atomic E-state index is 0.160. The van der Waals surface area contributed by atoms with Crippen LogP contribution in [0.4, 0.5) is 0 Å². The SMILES string of the molecule is CC(C)(C)C(=O)/C(=C/c1ccccc1)c1ccccc1. The first kappa shape index (κ1) is 14.3. The van der Waals surface area contributed by atoms with Crippen molar-refractivity contribution in [2.45, 2.75) is 20.8 Å². The van der Waals surface area contributed by atoms with Crippen LogP contribution >= 0.6 is 0 Å². The summed E-state index contributed by atoms with van der Waals surface area (Å²) >= 11 is 0. The van der Waals surface area contributed by atoms with Crippen LogP contribution in [0.25, 0.3) is 11.6 Å². The maximum atomic E-state index is 12.7. The maximum absolute atomic E-state index is 12.7. The minimum Gasteiger partial charge on any atom is -0.294 e. The van der Waals surface area contributed by atoms with Crippen molar-refractivity contribution in [2.24, 2.45) is 5.41 Å². The summed E-state index contributed by atoms with van der Waals surface area (Å²) in [5.41, 5.74) is 2.39. The highest BCUT2D eigenvalue weighted by Crippen LogP contribution is 2.28. The highest BCUT2D eigenvalue weighted by molar-refractivity contribution is 6.27. The van der Waals surface area contributed by atoms with Crippen molar-refractivity contribution in [3.63, 3.8) is 0 Å². The summed E-state index contributed by atoms with van der Waals surface area (Å²) in [5.74, 6) is 0.160.